The molecule has 142 valence electrons. The smallest absolute Gasteiger partial charge is 0.325 e. The summed E-state index contributed by atoms with van der Waals surface area (Å²) >= 11 is 5.86. The van der Waals surface area contributed by atoms with Gasteiger partial charge in [-0.3, -0.25) is 9.69 Å². The molecule has 0 unspecified atom stereocenters. The van der Waals surface area contributed by atoms with E-state index in [1.54, 1.807) is 31.2 Å². The number of aliphatic hydroxyl groups is 1. The standard InChI is InChI=1S/C21H23ClN2O3/c1-13(2)14-4-8-16(9-5-14)21(3)19(26)24(20(27)23-21)12-18(25)15-6-10-17(22)11-7-15/h4-11,13,18,25H,12H2,1-3H3,(H,23,27)/t18-,21+/m1/s1. The zero-order chi connectivity index (χ0) is 19.8. The normalized spacial score (nSPS) is 20.9. The highest BCUT2D eigenvalue weighted by Gasteiger charge is 2.49. The Kier molecular flexibility index (Phi) is 5.27. The molecule has 27 heavy (non-hydrogen) atoms. The number of β-amino-alcohol motifs (C(OH)–C–C–N with tert-alkyl or cyclic N) is 1. The van der Waals surface area contributed by atoms with Gasteiger partial charge in [-0.25, -0.2) is 4.79 Å². The number of carbonyl (C=O) groups is 2. The molecule has 1 heterocycles. The lowest BCUT2D eigenvalue weighted by Crippen LogP contribution is -2.41. The molecule has 0 radical (unpaired) electrons. The van der Waals surface area contributed by atoms with Gasteiger partial charge in [-0.05, 0) is 41.7 Å². The van der Waals surface area contributed by atoms with Crippen LogP contribution in [0.1, 0.15) is 49.5 Å². The van der Waals surface area contributed by atoms with Crippen molar-refractivity contribution in [1.82, 2.24) is 10.2 Å². The van der Waals surface area contributed by atoms with Gasteiger partial charge in [0.15, 0.2) is 0 Å². The first-order chi connectivity index (χ1) is 12.7. The second-order valence-corrected chi connectivity index (χ2v) is 7.75. The molecule has 1 aliphatic heterocycles. The van der Waals surface area contributed by atoms with Gasteiger partial charge >= 0.3 is 6.03 Å². The number of rotatable bonds is 5. The maximum Gasteiger partial charge on any atom is 0.325 e. The molecular formula is C21H23ClN2O3. The van der Waals surface area contributed by atoms with Crippen LogP contribution in [-0.4, -0.2) is 28.5 Å². The molecule has 2 N–H and O–H groups in total. The molecule has 0 spiro atoms. The summed E-state index contributed by atoms with van der Waals surface area (Å²) in [5.41, 5.74) is 1.32. The van der Waals surface area contributed by atoms with Gasteiger partial charge in [0.05, 0.1) is 12.6 Å². The molecule has 1 fully saturated rings. The van der Waals surface area contributed by atoms with Crippen LogP contribution in [0.25, 0.3) is 0 Å². The third-order valence-electron chi connectivity index (χ3n) is 5.04. The zero-order valence-electron chi connectivity index (χ0n) is 15.6. The summed E-state index contributed by atoms with van der Waals surface area (Å²) in [6.07, 6.45) is -0.984. The second-order valence-electron chi connectivity index (χ2n) is 7.31. The first kappa shape index (κ1) is 19.4. The molecule has 1 saturated heterocycles. The average molecular weight is 387 g/mol. The third-order valence-corrected chi connectivity index (χ3v) is 5.29. The second kappa shape index (κ2) is 7.33. The molecule has 3 rings (SSSR count). The molecule has 0 saturated carbocycles. The summed E-state index contributed by atoms with van der Waals surface area (Å²) < 4.78 is 0. The molecule has 1 aliphatic rings. The number of benzene rings is 2. The van der Waals surface area contributed by atoms with Crippen molar-refractivity contribution in [2.45, 2.75) is 38.3 Å². The fourth-order valence-corrected chi connectivity index (χ4v) is 3.35. The quantitative estimate of drug-likeness (QED) is 0.764. The molecule has 2 aromatic carbocycles. The molecule has 2 atom stereocenters. The van der Waals surface area contributed by atoms with Crippen LogP contribution in [0.4, 0.5) is 4.79 Å². The highest BCUT2D eigenvalue weighted by atomic mass is 35.5. The van der Waals surface area contributed by atoms with E-state index in [1.165, 1.54) is 0 Å². The van der Waals surface area contributed by atoms with E-state index >= 15 is 0 Å². The Morgan fingerprint density at radius 3 is 2.15 bits per heavy atom. The Balaban J connectivity index is 1.80. The predicted octanol–water partition coefficient (Wildman–Crippen LogP) is 3.96. The van der Waals surface area contributed by atoms with E-state index in [0.717, 1.165) is 10.5 Å². The molecule has 5 nitrogen and oxygen atoms in total. The largest absolute Gasteiger partial charge is 0.387 e. The van der Waals surface area contributed by atoms with E-state index in [1.807, 2.05) is 24.3 Å². The fourth-order valence-electron chi connectivity index (χ4n) is 3.22. The lowest BCUT2D eigenvalue weighted by atomic mass is 9.90. The molecule has 0 bridgehead atoms. The molecule has 0 aromatic heterocycles. The van der Waals surface area contributed by atoms with Gasteiger partial charge in [0, 0.05) is 5.02 Å². The van der Waals surface area contributed by atoms with Crippen molar-refractivity contribution in [3.05, 3.63) is 70.2 Å². The number of hydrogen-bond donors (Lipinski definition) is 2. The van der Waals surface area contributed by atoms with E-state index in [4.69, 9.17) is 11.6 Å². The number of hydrogen-bond acceptors (Lipinski definition) is 3. The number of imide groups is 1. The topological polar surface area (TPSA) is 69.6 Å². The number of nitrogens with zero attached hydrogens (tertiary/aromatic N) is 1. The van der Waals surface area contributed by atoms with E-state index in [0.29, 0.717) is 22.1 Å². The average Bonchev–Trinajstić information content (AvgIpc) is 2.86. The number of nitrogens with one attached hydrogen (secondary N) is 1. The van der Waals surface area contributed by atoms with Gasteiger partial charge < -0.3 is 10.4 Å². The molecule has 3 amide bonds. The summed E-state index contributed by atoms with van der Waals surface area (Å²) in [5.74, 6) is 0.00422. The minimum absolute atomic E-state index is 0.119. The highest BCUT2D eigenvalue weighted by molar-refractivity contribution is 6.30. The summed E-state index contributed by atoms with van der Waals surface area (Å²) in [7, 11) is 0. The third kappa shape index (κ3) is 3.70. The van der Waals surface area contributed by atoms with Crippen molar-refractivity contribution < 1.29 is 14.7 Å². The lowest BCUT2D eigenvalue weighted by Gasteiger charge is -2.23. The summed E-state index contributed by atoms with van der Waals surface area (Å²) in [6, 6.07) is 13.8. The van der Waals surface area contributed by atoms with Crippen LogP contribution < -0.4 is 5.32 Å². The Bertz CT molecular complexity index is 849. The van der Waals surface area contributed by atoms with Crippen LogP contribution in [-0.2, 0) is 10.3 Å². The Labute approximate surface area is 163 Å². The SMILES string of the molecule is CC(C)c1ccc([C@]2(C)NC(=O)N(C[C@@H](O)c3ccc(Cl)cc3)C2=O)cc1. The predicted molar refractivity (Wildman–Crippen MR) is 105 cm³/mol. The van der Waals surface area contributed by atoms with Crippen molar-refractivity contribution in [2.75, 3.05) is 6.54 Å². The van der Waals surface area contributed by atoms with Gasteiger partial charge in [-0.1, -0.05) is 61.8 Å². The minimum Gasteiger partial charge on any atom is -0.387 e. The number of carbonyl (C=O) groups excluding carboxylic acids is 2. The number of urea groups is 1. The zero-order valence-corrected chi connectivity index (χ0v) is 16.3. The van der Waals surface area contributed by atoms with Crippen molar-refractivity contribution in [3.8, 4) is 0 Å². The van der Waals surface area contributed by atoms with E-state index < -0.39 is 17.7 Å². The van der Waals surface area contributed by atoms with Crippen LogP contribution in [0.5, 0.6) is 0 Å². The first-order valence-electron chi connectivity index (χ1n) is 8.90. The van der Waals surface area contributed by atoms with Gasteiger partial charge in [-0.15, -0.1) is 0 Å². The number of amides is 3. The van der Waals surface area contributed by atoms with Crippen molar-refractivity contribution in [1.29, 1.82) is 0 Å². The van der Waals surface area contributed by atoms with Crippen molar-refractivity contribution in [3.63, 3.8) is 0 Å². The van der Waals surface area contributed by atoms with Crippen LogP contribution in [0.15, 0.2) is 48.5 Å². The molecule has 2 aromatic rings. The van der Waals surface area contributed by atoms with Gasteiger partial charge in [0.1, 0.15) is 5.54 Å². The van der Waals surface area contributed by atoms with Crippen molar-refractivity contribution in [2.24, 2.45) is 0 Å². The Morgan fingerprint density at radius 2 is 1.59 bits per heavy atom. The summed E-state index contributed by atoms with van der Waals surface area (Å²) in [5, 5.41) is 13.7. The summed E-state index contributed by atoms with van der Waals surface area (Å²) in [6.45, 7) is 5.76. The first-order valence-corrected chi connectivity index (χ1v) is 9.28. The van der Waals surface area contributed by atoms with Crippen LogP contribution in [0.2, 0.25) is 5.02 Å². The van der Waals surface area contributed by atoms with Gasteiger partial charge in [-0.2, -0.15) is 0 Å². The fraction of sp³-hybridized carbons (Fsp3) is 0.333. The van der Waals surface area contributed by atoms with Gasteiger partial charge in [0.25, 0.3) is 5.91 Å². The highest BCUT2D eigenvalue weighted by Crippen LogP contribution is 2.31. The Morgan fingerprint density at radius 1 is 1.04 bits per heavy atom. The van der Waals surface area contributed by atoms with E-state index in [9.17, 15) is 14.7 Å². The van der Waals surface area contributed by atoms with Gasteiger partial charge in [0.2, 0.25) is 0 Å². The molecule has 0 aliphatic carbocycles. The van der Waals surface area contributed by atoms with Crippen molar-refractivity contribution >= 4 is 23.5 Å². The maximum atomic E-state index is 13.0. The minimum atomic E-state index is -1.15. The van der Waals surface area contributed by atoms with Crippen LogP contribution in [0, 0.1) is 0 Å². The summed E-state index contributed by atoms with van der Waals surface area (Å²) in [4.78, 5) is 26.5. The van der Waals surface area contributed by atoms with E-state index in [2.05, 4.69) is 19.2 Å². The Hall–Kier alpha value is -2.37. The number of halogens is 1. The maximum absolute atomic E-state index is 13.0. The van der Waals surface area contributed by atoms with Crippen LogP contribution >= 0.6 is 11.6 Å². The number of aliphatic hydroxyl groups excluding tert-OH is 1. The van der Waals surface area contributed by atoms with Crippen LogP contribution in [0.3, 0.4) is 0 Å². The molecular weight excluding hydrogens is 364 g/mol. The lowest BCUT2D eigenvalue weighted by molar-refractivity contribution is -0.132. The molecule has 6 heteroatoms. The van der Waals surface area contributed by atoms with E-state index in [-0.39, 0.29) is 12.5 Å². The monoisotopic (exact) mass is 386 g/mol.